The molecule has 4 heteroatoms. The molecule has 3 rings (SSSR count). The van der Waals surface area contributed by atoms with E-state index in [0.717, 1.165) is 38.0 Å². The van der Waals surface area contributed by atoms with E-state index >= 15 is 0 Å². The van der Waals surface area contributed by atoms with Crippen molar-refractivity contribution in [3.63, 3.8) is 0 Å². The minimum atomic E-state index is 0.453. The van der Waals surface area contributed by atoms with Crippen molar-refractivity contribution in [1.29, 1.82) is 0 Å². The maximum absolute atomic E-state index is 5.85. The van der Waals surface area contributed by atoms with Crippen molar-refractivity contribution in [2.75, 3.05) is 31.1 Å². The van der Waals surface area contributed by atoms with Crippen LogP contribution in [0.4, 0.5) is 5.82 Å². The second kappa shape index (κ2) is 4.63. The summed E-state index contributed by atoms with van der Waals surface area (Å²) in [5.41, 5.74) is 5.85. The fourth-order valence-electron chi connectivity index (χ4n) is 2.79. The van der Waals surface area contributed by atoms with Gasteiger partial charge in [0.05, 0.1) is 0 Å². The lowest BCUT2D eigenvalue weighted by molar-refractivity contribution is 0.104. The summed E-state index contributed by atoms with van der Waals surface area (Å²) in [7, 11) is 0. The van der Waals surface area contributed by atoms with E-state index < -0.39 is 0 Å². The summed E-state index contributed by atoms with van der Waals surface area (Å²) in [5.74, 6) is 1.11. The molecule has 0 radical (unpaired) electrons. The molecular formula is C13H20N4. The van der Waals surface area contributed by atoms with E-state index in [0.29, 0.717) is 6.04 Å². The second-order valence-electron chi connectivity index (χ2n) is 5.10. The maximum atomic E-state index is 5.85. The Kier molecular flexibility index (Phi) is 2.99. The predicted octanol–water partition coefficient (Wildman–Crippen LogP) is 0.693. The van der Waals surface area contributed by atoms with Crippen LogP contribution in [0, 0.1) is 0 Å². The average Bonchev–Trinajstić information content (AvgIpc) is 2.36. The lowest BCUT2D eigenvalue weighted by Crippen LogP contribution is -2.57. The molecule has 1 aromatic heterocycles. The van der Waals surface area contributed by atoms with Crippen LogP contribution in [-0.2, 0) is 0 Å². The van der Waals surface area contributed by atoms with Crippen LogP contribution < -0.4 is 10.6 Å². The molecule has 0 aromatic carbocycles. The van der Waals surface area contributed by atoms with Gasteiger partial charge in [-0.05, 0) is 25.0 Å². The first-order chi connectivity index (χ1) is 8.33. The Bertz CT molecular complexity index is 353. The van der Waals surface area contributed by atoms with Gasteiger partial charge in [0.1, 0.15) is 5.82 Å². The zero-order valence-electron chi connectivity index (χ0n) is 10.1. The Labute approximate surface area is 102 Å². The van der Waals surface area contributed by atoms with Gasteiger partial charge in [-0.15, -0.1) is 0 Å². The van der Waals surface area contributed by atoms with Gasteiger partial charge in [-0.2, -0.15) is 0 Å². The molecule has 0 spiro atoms. The van der Waals surface area contributed by atoms with Crippen LogP contribution in [0.15, 0.2) is 24.4 Å². The van der Waals surface area contributed by atoms with Gasteiger partial charge in [0, 0.05) is 44.5 Å². The van der Waals surface area contributed by atoms with Crippen molar-refractivity contribution in [2.45, 2.75) is 24.9 Å². The maximum Gasteiger partial charge on any atom is 0.128 e. The highest BCUT2D eigenvalue weighted by molar-refractivity contribution is 5.38. The standard InChI is InChI=1S/C13H20N4/c14-11-9-12(10-11)16-5-7-17(8-6-16)13-3-1-2-4-15-13/h1-4,11-12H,5-10,14H2. The molecule has 1 aliphatic heterocycles. The first-order valence-electron chi connectivity index (χ1n) is 6.48. The largest absolute Gasteiger partial charge is 0.354 e. The minimum absolute atomic E-state index is 0.453. The number of nitrogens with two attached hydrogens (primary N) is 1. The summed E-state index contributed by atoms with van der Waals surface area (Å²) in [4.78, 5) is 9.36. The molecule has 17 heavy (non-hydrogen) atoms. The topological polar surface area (TPSA) is 45.4 Å². The Morgan fingerprint density at radius 1 is 1.12 bits per heavy atom. The van der Waals surface area contributed by atoms with E-state index in [1.165, 1.54) is 12.8 Å². The number of piperazine rings is 1. The molecule has 92 valence electrons. The van der Waals surface area contributed by atoms with Gasteiger partial charge in [-0.3, -0.25) is 4.90 Å². The molecule has 1 saturated heterocycles. The van der Waals surface area contributed by atoms with Gasteiger partial charge >= 0.3 is 0 Å². The highest BCUT2D eigenvalue weighted by atomic mass is 15.3. The molecule has 2 heterocycles. The summed E-state index contributed by atoms with van der Waals surface area (Å²) in [6, 6.07) is 7.31. The van der Waals surface area contributed by atoms with Crippen LogP contribution in [0.2, 0.25) is 0 Å². The van der Waals surface area contributed by atoms with Crippen LogP contribution in [0.3, 0.4) is 0 Å². The first-order valence-corrected chi connectivity index (χ1v) is 6.48. The normalized spacial score (nSPS) is 30.1. The smallest absolute Gasteiger partial charge is 0.128 e. The summed E-state index contributed by atoms with van der Waals surface area (Å²) < 4.78 is 0. The quantitative estimate of drug-likeness (QED) is 0.815. The number of pyridine rings is 1. The summed E-state index contributed by atoms with van der Waals surface area (Å²) in [6.45, 7) is 4.47. The van der Waals surface area contributed by atoms with Crippen molar-refractivity contribution in [3.05, 3.63) is 24.4 Å². The van der Waals surface area contributed by atoms with Crippen molar-refractivity contribution in [1.82, 2.24) is 9.88 Å². The molecular weight excluding hydrogens is 212 g/mol. The summed E-state index contributed by atoms with van der Waals surface area (Å²) >= 11 is 0. The van der Waals surface area contributed by atoms with E-state index in [2.05, 4.69) is 26.9 Å². The predicted molar refractivity (Wildman–Crippen MR) is 69.0 cm³/mol. The highest BCUT2D eigenvalue weighted by Crippen LogP contribution is 2.25. The van der Waals surface area contributed by atoms with Crippen molar-refractivity contribution in [2.24, 2.45) is 5.73 Å². The Morgan fingerprint density at radius 2 is 1.88 bits per heavy atom. The van der Waals surface area contributed by atoms with Gasteiger partial charge in [0.15, 0.2) is 0 Å². The molecule has 0 bridgehead atoms. The van der Waals surface area contributed by atoms with Crippen molar-refractivity contribution in [3.8, 4) is 0 Å². The van der Waals surface area contributed by atoms with Crippen LogP contribution in [0.25, 0.3) is 0 Å². The van der Waals surface area contributed by atoms with Crippen LogP contribution >= 0.6 is 0 Å². The molecule has 1 aromatic rings. The molecule has 2 aliphatic rings. The van der Waals surface area contributed by atoms with E-state index in [4.69, 9.17) is 5.73 Å². The highest BCUT2D eigenvalue weighted by Gasteiger charge is 2.32. The van der Waals surface area contributed by atoms with Crippen LogP contribution in [0.5, 0.6) is 0 Å². The van der Waals surface area contributed by atoms with Crippen LogP contribution in [-0.4, -0.2) is 48.1 Å². The SMILES string of the molecule is NC1CC(N2CCN(c3ccccn3)CC2)C1. The molecule has 2 fully saturated rings. The van der Waals surface area contributed by atoms with Gasteiger partial charge in [0.2, 0.25) is 0 Å². The third-order valence-electron chi connectivity index (χ3n) is 3.95. The number of nitrogens with zero attached hydrogens (tertiary/aromatic N) is 3. The Morgan fingerprint density at radius 3 is 2.47 bits per heavy atom. The number of rotatable bonds is 2. The van der Waals surface area contributed by atoms with Gasteiger partial charge in [-0.1, -0.05) is 6.07 Å². The third kappa shape index (κ3) is 2.28. The Balaban J connectivity index is 1.54. The number of hydrogen-bond acceptors (Lipinski definition) is 4. The first kappa shape index (κ1) is 11.0. The summed E-state index contributed by atoms with van der Waals surface area (Å²) in [5, 5.41) is 0. The molecule has 1 aliphatic carbocycles. The molecule has 1 saturated carbocycles. The van der Waals surface area contributed by atoms with E-state index in [-0.39, 0.29) is 0 Å². The number of hydrogen-bond donors (Lipinski definition) is 1. The molecule has 0 atom stereocenters. The Hall–Kier alpha value is -1.13. The average molecular weight is 232 g/mol. The van der Waals surface area contributed by atoms with E-state index in [9.17, 15) is 0 Å². The second-order valence-corrected chi connectivity index (χ2v) is 5.10. The summed E-state index contributed by atoms with van der Waals surface area (Å²) in [6.07, 6.45) is 4.24. The number of aromatic nitrogens is 1. The molecule has 0 unspecified atom stereocenters. The van der Waals surface area contributed by atoms with Gasteiger partial charge in [0.25, 0.3) is 0 Å². The van der Waals surface area contributed by atoms with Crippen molar-refractivity contribution < 1.29 is 0 Å². The lowest BCUT2D eigenvalue weighted by atomic mass is 9.86. The molecule has 2 N–H and O–H groups in total. The third-order valence-corrected chi connectivity index (χ3v) is 3.95. The minimum Gasteiger partial charge on any atom is -0.354 e. The van der Waals surface area contributed by atoms with E-state index in [1.54, 1.807) is 0 Å². The van der Waals surface area contributed by atoms with Crippen LogP contribution in [0.1, 0.15) is 12.8 Å². The zero-order valence-corrected chi connectivity index (χ0v) is 10.1. The number of anilines is 1. The fourth-order valence-corrected chi connectivity index (χ4v) is 2.79. The van der Waals surface area contributed by atoms with Gasteiger partial charge in [-0.25, -0.2) is 4.98 Å². The molecule has 4 nitrogen and oxygen atoms in total. The fraction of sp³-hybridized carbons (Fsp3) is 0.615. The molecule has 0 amide bonds. The monoisotopic (exact) mass is 232 g/mol. The van der Waals surface area contributed by atoms with Crippen molar-refractivity contribution >= 4 is 5.82 Å². The zero-order chi connectivity index (χ0) is 11.7. The van der Waals surface area contributed by atoms with Gasteiger partial charge < -0.3 is 10.6 Å². The van der Waals surface area contributed by atoms with E-state index in [1.807, 2.05) is 12.3 Å². The lowest BCUT2D eigenvalue weighted by Gasteiger charge is -2.45.